The second kappa shape index (κ2) is 48.4. The number of hydrogen-bond acceptors (Lipinski definition) is 16. The monoisotopic (exact) mass is 734 g/mol. The van der Waals surface area contributed by atoms with Gasteiger partial charge in [0.25, 0.3) is 0 Å². The summed E-state index contributed by atoms with van der Waals surface area (Å²) in [4.78, 5) is 0. The van der Waals surface area contributed by atoms with Gasteiger partial charge < -0.3 is 75.8 Å². The molecule has 16 heteroatoms. The first-order chi connectivity index (χ1) is 24.9. The van der Waals surface area contributed by atoms with Crippen molar-refractivity contribution in [1.82, 2.24) is 0 Å². The minimum absolute atomic E-state index is 0.505. The average Bonchev–Trinajstić information content (AvgIpc) is 3.13. The SMILES string of the molecule is CCCOCCOCCOCCOCCOCCOCCOCCOCCOCCOCCOCCOCCOCCOCCOCCOC. The Morgan fingerprint density at radius 1 is 0.180 bits per heavy atom. The van der Waals surface area contributed by atoms with Crippen LogP contribution >= 0.6 is 0 Å². The fraction of sp³-hybridized carbons (Fsp3) is 1.00. The summed E-state index contributed by atoms with van der Waals surface area (Å²) in [5.74, 6) is 0. The molecule has 0 radical (unpaired) electrons. The minimum Gasteiger partial charge on any atom is -0.382 e. The van der Waals surface area contributed by atoms with Gasteiger partial charge in [-0.15, -0.1) is 0 Å². The first-order valence-corrected chi connectivity index (χ1v) is 18.1. The molecule has 0 bridgehead atoms. The lowest BCUT2D eigenvalue weighted by Crippen LogP contribution is -2.15. The molecule has 0 atom stereocenters. The van der Waals surface area contributed by atoms with Gasteiger partial charge >= 0.3 is 0 Å². The fourth-order valence-electron chi connectivity index (χ4n) is 3.47. The Balaban J connectivity index is 3.04. The second-order valence-electron chi connectivity index (χ2n) is 10.2. The molecule has 0 heterocycles. The van der Waals surface area contributed by atoms with Crippen molar-refractivity contribution in [3.8, 4) is 0 Å². The van der Waals surface area contributed by atoms with E-state index < -0.39 is 0 Å². The molecule has 0 aliphatic rings. The van der Waals surface area contributed by atoms with Crippen molar-refractivity contribution in [2.75, 3.05) is 212 Å². The summed E-state index contributed by atoms with van der Waals surface area (Å²) in [6.07, 6.45) is 1.02. The Kier molecular flexibility index (Phi) is 47.7. The van der Waals surface area contributed by atoms with E-state index in [4.69, 9.17) is 75.8 Å². The Morgan fingerprint density at radius 2 is 0.300 bits per heavy atom. The van der Waals surface area contributed by atoms with Crippen LogP contribution in [-0.4, -0.2) is 212 Å². The maximum absolute atomic E-state index is 5.49. The summed E-state index contributed by atoms with van der Waals surface area (Å²) in [5.41, 5.74) is 0. The normalized spacial score (nSPS) is 11.6. The van der Waals surface area contributed by atoms with Crippen molar-refractivity contribution >= 4 is 0 Å². The van der Waals surface area contributed by atoms with Crippen LogP contribution in [0.1, 0.15) is 13.3 Å². The molecule has 0 aliphatic heterocycles. The lowest BCUT2D eigenvalue weighted by Gasteiger charge is -2.09. The lowest BCUT2D eigenvalue weighted by molar-refractivity contribution is -0.0302. The van der Waals surface area contributed by atoms with Crippen LogP contribution in [0.5, 0.6) is 0 Å². The third-order valence-corrected chi connectivity index (χ3v) is 5.99. The van der Waals surface area contributed by atoms with E-state index in [1.54, 1.807) is 7.11 Å². The largest absolute Gasteiger partial charge is 0.382 e. The number of rotatable bonds is 47. The molecule has 302 valence electrons. The Morgan fingerprint density at radius 3 is 0.420 bits per heavy atom. The van der Waals surface area contributed by atoms with Crippen molar-refractivity contribution in [3.63, 3.8) is 0 Å². The van der Waals surface area contributed by atoms with E-state index in [0.717, 1.165) is 13.0 Å². The van der Waals surface area contributed by atoms with Crippen molar-refractivity contribution in [3.05, 3.63) is 0 Å². The minimum atomic E-state index is 0.505. The van der Waals surface area contributed by atoms with E-state index in [9.17, 15) is 0 Å². The van der Waals surface area contributed by atoms with E-state index in [-0.39, 0.29) is 0 Å². The van der Waals surface area contributed by atoms with E-state index in [0.29, 0.717) is 198 Å². The molecule has 0 saturated carbocycles. The highest BCUT2D eigenvalue weighted by atomic mass is 16.6. The van der Waals surface area contributed by atoms with E-state index in [1.807, 2.05) is 0 Å². The van der Waals surface area contributed by atoms with E-state index >= 15 is 0 Å². The Bertz CT molecular complexity index is 533. The van der Waals surface area contributed by atoms with Crippen molar-refractivity contribution in [2.45, 2.75) is 13.3 Å². The highest BCUT2D eigenvalue weighted by Crippen LogP contribution is 1.88. The van der Waals surface area contributed by atoms with Gasteiger partial charge in [-0.3, -0.25) is 0 Å². The summed E-state index contributed by atoms with van der Waals surface area (Å²) < 4.78 is 86.5. The topological polar surface area (TPSA) is 148 Å². The predicted molar refractivity (Wildman–Crippen MR) is 184 cm³/mol. The van der Waals surface area contributed by atoms with Crippen LogP contribution < -0.4 is 0 Å². The maximum Gasteiger partial charge on any atom is 0.0701 e. The Hall–Kier alpha value is -0.640. The van der Waals surface area contributed by atoms with Gasteiger partial charge in [-0.2, -0.15) is 0 Å². The van der Waals surface area contributed by atoms with Crippen LogP contribution in [0, 0.1) is 0 Å². The van der Waals surface area contributed by atoms with Crippen LogP contribution in [0.2, 0.25) is 0 Å². The van der Waals surface area contributed by atoms with Crippen LogP contribution in [0.15, 0.2) is 0 Å². The van der Waals surface area contributed by atoms with Crippen LogP contribution in [0.3, 0.4) is 0 Å². The van der Waals surface area contributed by atoms with Crippen molar-refractivity contribution < 1.29 is 75.8 Å². The summed E-state index contributed by atoms with van der Waals surface area (Å²) in [6, 6.07) is 0. The zero-order valence-electron chi connectivity index (χ0n) is 31.2. The fourth-order valence-corrected chi connectivity index (χ4v) is 3.47. The third kappa shape index (κ3) is 47.4. The van der Waals surface area contributed by atoms with Gasteiger partial charge in [-0.05, 0) is 6.42 Å². The summed E-state index contributed by atoms with van der Waals surface area (Å²) in [5, 5.41) is 0. The molecule has 0 aromatic carbocycles. The molecule has 0 aliphatic carbocycles. The molecule has 0 N–H and O–H groups in total. The van der Waals surface area contributed by atoms with Gasteiger partial charge in [0, 0.05) is 13.7 Å². The number of ether oxygens (including phenoxy) is 16. The quantitative estimate of drug-likeness (QED) is 0.0827. The molecule has 0 aromatic heterocycles. The third-order valence-electron chi connectivity index (χ3n) is 5.99. The predicted octanol–water partition coefficient (Wildman–Crippen LogP) is 1.29. The van der Waals surface area contributed by atoms with Crippen molar-refractivity contribution in [2.24, 2.45) is 0 Å². The zero-order chi connectivity index (χ0) is 35.9. The van der Waals surface area contributed by atoms with Gasteiger partial charge in [0.2, 0.25) is 0 Å². The van der Waals surface area contributed by atoms with Gasteiger partial charge in [-0.1, -0.05) is 6.92 Å². The lowest BCUT2D eigenvalue weighted by atomic mass is 10.5. The van der Waals surface area contributed by atoms with Crippen LogP contribution in [0.25, 0.3) is 0 Å². The molecular weight excluding hydrogens is 664 g/mol. The van der Waals surface area contributed by atoms with Gasteiger partial charge in [-0.25, -0.2) is 0 Å². The molecule has 0 rings (SSSR count). The van der Waals surface area contributed by atoms with Crippen LogP contribution in [-0.2, 0) is 75.8 Å². The van der Waals surface area contributed by atoms with E-state index in [1.165, 1.54) is 0 Å². The first-order valence-electron chi connectivity index (χ1n) is 18.1. The maximum atomic E-state index is 5.49. The van der Waals surface area contributed by atoms with Gasteiger partial charge in [0.1, 0.15) is 0 Å². The highest BCUT2D eigenvalue weighted by molar-refractivity contribution is 4.40. The first kappa shape index (κ1) is 49.4. The molecule has 0 aromatic rings. The van der Waals surface area contributed by atoms with Crippen LogP contribution in [0.4, 0.5) is 0 Å². The van der Waals surface area contributed by atoms with Gasteiger partial charge in [0.15, 0.2) is 0 Å². The number of hydrogen-bond donors (Lipinski definition) is 0. The summed E-state index contributed by atoms with van der Waals surface area (Å²) >= 11 is 0. The standard InChI is InChI=1S/C34H70O16/c1-3-4-36-7-8-38-11-12-40-15-16-42-19-20-44-23-24-46-27-28-48-31-32-50-34-33-49-30-29-47-26-25-45-22-21-43-18-17-41-14-13-39-10-9-37-6-5-35-2/h3-34H2,1-2H3. The molecule has 0 amide bonds. The zero-order valence-corrected chi connectivity index (χ0v) is 31.2. The smallest absolute Gasteiger partial charge is 0.0701 e. The molecule has 0 spiro atoms. The summed E-state index contributed by atoms with van der Waals surface area (Å²) in [7, 11) is 1.65. The van der Waals surface area contributed by atoms with Crippen molar-refractivity contribution in [1.29, 1.82) is 0 Å². The molecular formula is C34H70O16. The summed E-state index contributed by atoms with van der Waals surface area (Å²) in [6.45, 7) is 18.8. The van der Waals surface area contributed by atoms with E-state index in [2.05, 4.69) is 6.92 Å². The molecule has 50 heavy (non-hydrogen) atoms. The average molecular weight is 735 g/mol. The second-order valence-corrected chi connectivity index (χ2v) is 10.2. The molecule has 16 nitrogen and oxygen atoms in total. The Labute approximate surface area is 301 Å². The highest BCUT2D eigenvalue weighted by Gasteiger charge is 1.97. The van der Waals surface area contributed by atoms with Gasteiger partial charge in [0.05, 0.1) is 198 Å². The molecule has 0 fully saturated rings. The molecule has 0 saturated heterocycles. The molecule has 0 unspecified atom stereocenters. The number of methoxy groups -OCH3 is 1.